The number of nitrogens with zero attached hydrogens (tertiary/aromatic N) is 2. The standard InChI is InChI=1S/C10H17N3O/c1-7(2)13-6-5-8(9(13)11)10(14)12(3)4/h5-7H,11H2,1-4H3. The first-order chi connectivity index (χ1) is 6.45. The van der Waals surface area contributed by atoms with E-state index in [-0.39, 0.29) is 11.9 Å². The van der Waals surface area contributed by atoms with E-state index in [2.05, 4.69) is 0 Å². The molecule has 0 aromatic carbocycles. The Morgan fingerprint density at radius 3 is 2.43 bits per heavy atom. The van der Waals surface area contributed by atoms with Crippen LogP contribution in [0.3, 0.4) is 0 Å². The smallest absolute Gasteiger partial charge is 0.257 e. The third-order valence-electron chi connectivity index (χ3n) is 2.15. The first-order valence-corrected chi connectivity index (χ1v) is 4.63. The largest absolute Gasteiger partial charge is 0.384 e. The molecule has 1 aromatic heterocycles. The Bertz CT molecular complexity index is 339. The lowest BCUT2D eigenvalue weighted by molar-refractivity contribution is 0.0828. The second kappa shape index (κ2) is 3.74. The fraction of sp³-hybridized carbons (Fsp3) is 0.500. The maximum atomic E-state index is 11.6. The Labute approximate surface area is 84.3 Å². The molecule has 0 bridgehead atoms. The predicted molar refractivity (Wildman–Crippen MR) is 57.2 cm³/mol. The number of anilines is 1. The third-order valence-corrected chi connectivity index (χ3v) is 2.15. The number of carbonyl (C=O) groups excluding carboxylic acids is 1. The first kappa shape index (κ1) is 10.6. The van der Waals surface area contributed by atoms with E-state index in [9.17, 15) is 4.79 Å². The number of hydrogen-bond donors (Lipinski definition) is 1. The molecule has 0 aliphatic heterocycles. The highest BCUT2D eigenvalue weighted by Crippen LogP contribution is 2.19. The topological polar surface area (TPSA) is 51.3 Å². The van der Waals surface area contributed by atoms with E-state index >= 15 is 0 Å². The van der Waals surface area contributed by atoms with Crippen molar-refractivity contribution in [1.29, 1.82) is 0 Å². The Kier molecular flexibility index (Phi) is 2.84. The van der Waals surface area contributed by atoms with Crippen molar-refractivity contribution in [3.05, 3.63) is 17.8 Å². The number of nitrogen functional groups attached to an aromatic ring is 1. The van der Waals surface area contributed by atoms with Crippen LogP contribution in [-0.4, -0.2) is 29.5 Å². The van der Waals surface area contributed by atoms with E-state index in [1.807, 2.05) is 24.6 Å². The van der Waals surface area contributed by atoms with Crippen LogP contribution in [0.5, 0.6) is 0 Å². The number of nitrogens with two attached hydrogens (primary N) is 1. The molecule has 0 aliphatic rings. The molecule has 1 amide bonds. The summed E-state index contributed by atoms with van der Waals surface area (Å²) in [5, 5.41) is 0. The minimum Gasteiger partial charge on any atom is -0.384 e. The van der Waals surface area contributed by atoms with Crippen LogP contribution in [0.25, 0.3) is 0 Å². The zero-order chi connectivity index (χ0) is 10.9. The van der Waals surface area contributed by atoms with Gasteiger partial charge < -0.3 is 15.2 Å². The van der Waals surface area contributed by atoms with Crippen LogP contribution in [0.4, 0.5) is 5.82 Å². The van der Waals surface area contributed by atoms with Gasteiger partial charge in [-0.2, -0.15) is 0 Å². The van der Waals surface area contributed by atoms with Crippen LogP contribution in [0.2, 0.25) is 0 Å². The lowest BCUT2D eigenvalue weighted by Gasteiger charge is -2.12. The molecule has 0 saturated heterocycles. The number of amides is 1. The molecule has 14 heavy (non-hydrogen) atoms. The lowest BCUT2D eigenvalue weighted by atomic mass is 10.3. The van der Waals surface area contributed by atoms with Gasteiger partial charge in [-0.3, -0.25) is 4.79 Å². The van der Waals surface area contributed by atoms with Crippen LogP contribution in [0.15, 0.2) is 12.3 Å². The Morgan fingerprint density at radius 1 is 1.50 bits per heavy atom. The highest BCUT2D eigenvalue weighted by atomic mass is 16.2. The maximum Gasteiger partial charge on any atom is 0.257 e. The zero-order valence-electron chi connectivity index (χ0n) is 9.11. The van der Waals surface area contributed by atoms with Gasteiger partial charge in [-0.15, -0.1) is 0 Å². The summed E-state index contributed by atoms with van der Waals surface area (Å²) in [6.07, 6.45) is 1.84. The third kappa shape index (κ3) is 1.73. The van der Waals surface area contributed by atoms with Crippen molar-refractivity contribution in [1.82, 2.24) is 9.47 Å². The highest BCUT2D eigenvalue weighted by molar-refractivity contribution is 5.98. The second-order valence-electron chi connectivity index (χ2n) is 3.82. The normalized spacial score (nSPS) is 10.6. The van der Waals surface area contributed by atoms with Crippen LogP contribution < -0.4 is 5.73 Å². The summed E-state index contributed by atoms with van der Waals surface area (Å²) in [6, 6.07) is 2.04. The maximum absolute atomic E-state index is 11.6. The van der Waals surface area contributed by atoms with Crippen molar-refractivity contribution in [3.63, 3.8) is 0 Å². The summed E-state index contributed by atoms with van der Waals surface area (Å²) in [5.41, 5.74) is 6.43. The van der Waals surface area contributed by atoms with Crippen LogP contribution >= 0.6 is 0 Å². The molecule has 1 heterocycles. The van der Waals surface area contributed by atoms with Gasteiger partial charge in [0.05, 0.1) is 5.56 Å². The van der Waals surface area contributed by atoms with Gasteiger partial charge in [0.1, 0.15) is 5.82 Å². The van der Waals surface area contributed by atoms with Gasteiger partial charge in [0.15, 0.2) is 0 Å². The van der Waals surface area contributed by atoms with E-state index in [4.69, 9.17) is 5.73 Å². The van der Waals surface area contributed by atoms with Gasteiger partial charge in [-0.05, 0) is 19.9 Å². The molecule has 0 aliphatic carbocycles. The summed E-state index contributed by atoms with van der Waals surface area (Å²) in [6.45, 7) is 4.06. The first-order valence-electron chi connectivity index (χ1n) is 4.63. The van der Waals surface area contributed by atoms with Gasteiger partial charge in [-0.1, -0.05) is 0 Å². The molecule has 1 rings (SSSR count). The highest BCUT2D eigenvalue weighted by Gasteiger charge is 2.15. The van der Waals surface area contributed by atoms with Gasteiger partial charge in [-0.25, -0.2) is 0 Å². The molecule has 0 unspecified atom stereocenters. The minimum atomic E-state index is -0.0538. The lowest BCUT2D eigenvalue weighted by Crippen LogP contribution is -2.22. The van der Waals surface area contributed by atoms with E-state index < -0.39 is 0 Å². The molecule has 0 fully saturated rings. The summed E-state index contributed by atoms with van der Waals surface area (Å²) in [7, 11) is 3.43. The van der Waals surface area contributed by atoms with Crippen molar-refractivity contribution >= 4 is 11.7 Å². The van der Waals surface area contributed by atoms with Gasteiger partial charge in [0, 0.05) is 26.3 Å². The van der Waals surface area contributed by atoms with E-state index in [1.165, 1.54) is 4.90 Å². The van der Waals surface area contributed by atoms with E-state index in [0.29, 0.717) is 11.4 Å². The molecule has 4 nitrogen and oxygen atoms in total. The van der Waals surface area contributed by atoms with Crippen LogP contribution in [-0.2, 0) is 0 Å². The quantitative estimate of drug-likeness (QED) is 0.774. The Morgan fingerprint density at radius 2 is 2.07 bits per heavy atom. The summed E-state index contributed by atoms with van der Waals surface area (Å²) < 4.78 is 1.89. The van der Waals surface area contributed by atoms with Gasteiger partial charge in [0.2, 0.25) is 0 Å². The number of rotatable bonds is 2. The van der Waals surface area contributed by atoms with Crippen molar-refractivity contribution in [2.45, 2.75) is 19.9 Å². The van der Waals surface area contributed by atoms with Crippen molar-refractivity contribution in [2.75, 3.05) is 19.8 Å². The van der Waals surface area contributed by atoms with E-state index in [1.54, 1.807) is 20.2 Å². The number of carbonyl (C=O) groups is 1. The van der Waals surface area contributed by atoms with Gasteiger partial charge >= 0.3 is 0 Å². The Balaban J connectivity index is 3.07. The molecule has 2 N–H and O–H groups in total. The van der Waals surface area contributed by atoms with Gasteiger partial charge in [0.25, 0.3) is 5.91 Å². The fourth-order valence-electron chi connectivity index (χ4n) is 1.33. The average Bonchev–Trinajstić information content (AvgIpc) is 2.45. The summed E-state index contributed by atoms with van der Waals surface area (Å²) in [5.74, 6) is 0.487. The summed E-state index contributed by atoms with van der Waals surface area (Å²) in [4.78, 5) is 13.2. The molecule has 78 valence electrons. The fourth-order valence-corrected chi connectivity index (χ4v) is 1.33. The molecule has 4 heteroatoms. The zero-order valence-corrected chi connectivity index (χ0v) is 9.11. The molecule has 0 spiro atoms. The Hall–Kier alpha value is -1.45. The number of hydrogen-bond acceptors (Lipinski definition) is 2. The molecular weight excluding hydrogens is 178 g/mol. The SMILES string of the molecule is CC(C)n1ccc(C(=O)N(C)C)c1N. The van der Waals surface area contributed by atoms with Crippen molar-refractivity contribution in [3.8, 4) is 0 Å². The van der Waals surface area contributed by atoms with Crippen LogP contribution in [0, 0.1) is 0 Å². The van der Waals surface area contributed by atoms with Crippen LogP contribution in [0.1, 0.15) is 30.2 Å². The monoisotopic (exact) mass is 195 g/mol. The molecule has 0 radical (unpaired) electrons. The van der Waals surface area contributed by atoms with Crippen molar-refractivity contribution in [2.24, 2.45) is 0 Å². The molecule has 0 atom stereocenters. The minimum absolute atomic E-state index is 0.0538. The molecule has 0 saturated carbocycles. The predicted octanol–water partition coefficient (Wildman–Crippen LogP) is 1.35. The number of aromatic nitrogens is 1. The second-order valence-corrected chi connectivity index (χ2v) is 3.82. The van der Waals surface area contributed by atoms with E-state index in [0.717, 1.165) is 0 Å². The van der Waals surface area contributed by atoms with Crippen molar-refractivity contribution < 1.29 is 4.79 Å². The summed E-state index contributed by atoms with van der Waals surface area (Å²) >= 11 is 0. The average molecular weight is 195 g/mol. The molecular formula is C10H17N3O. The molecule has 1 aromatic rings.